The van der Waals surface area contributed by atoms with Gasteiger partial charge in [-0.25, -0.2) is 0 Å². The largest absolute Gasteiger partial charge is 0.492 e. The van der Waals surface area contributed by atoms with Crippen molar-refractivity contribution in [2.75, 3.05) is 38.5 Å². The number of nitrogens with two attached hydrogens (primary N) is 1. The summed E-state index contributed by atoms with van der Waals surface area (Å²) in [7, 11) is 0. The summed E-state index contributed by atoms with van der Waals surface area (Å²) < 4.78 is 5.80. The summed E-state index contributed by atoms with van der Waals surface area (Å²) in [5.41, 5.74) is 6.81. The maximum Gasteiger partial charge on any atom is 0.119 e. The first-order chi connectivity index (χ1) is 9.28. The van der Waals surface area contributed by atoms with Gasteiger partial charge in [0, 0.05) is 30.6 Å². The van der Waals surface area contributed by atoms with E-state index in [2.05, 4.69) is 35.7 Å². The molecule has 1 heterocycles. The molecule has 1 atom stereocenters. The highest BCUT2D eigenvalue weighted by atomic mass is 32.2. The van der Waals surface area contributed by atoms with Gasteiger partial charge in [0.15, 0.2) is 0 Å². The smallest absolute Gasteiger partial charge is 0.119 e. The van der Waals surface area contributed by atoms with Crippen LogP contribution in [0.4, 0.5) is 0 Å². The minimum absolute atomic E-state index is 0.700. The van der Waals surface area contributed by atoms with Crippen molar-refractivity contribution in [3.8, 4) is 5.75 Å². The fourth-order valence-corrected chi connectivity index (χ4v) is 3.39. The van der Waals surface area contributed by atoms with E-state index >= 15 is 0 Å². The molecular weight excluding hydrogens is 256 g/mol. The molecule has 0 bridgehead atoms. The van der Waals surface area contributed by atoms with Gasteiger partial charge in [-0.2, -0.15) is 11.8 Å². The van der Waals surface area contributed by atoms with Crippen molar-refractivity contribution in [2.45, 2.75) is 18.6 Å². The first-order valence-corrected chi connectivity index (χ1v) is 8.08. The summed E-state index contributed by atoms with van der Waals surface area (Å²) in [6.45, 7) is 7.17. The van der Waals surface area contributed by atoms with Crippen LogP contribution in [0.2, 0.25) is 0 Å². The van der Waals surface area contributed by atoms with Crippen LogP contribution in [0.25, 0.3) is 0 Å². The predicted octanol–water partition coefficient (Wildman–Crippen LogP) is 2.00. The van der Waals surface area contributed by atoms with Crippen molar-refractivity contribution in [1.29, 1.82) is 0 Å². The highest BCUT2D eigenvalue weighted by molar-refractivity contribution is 7.99. The molecule has 0 saturated carbocycles. The Bertz CT molecular complexity index is 369. The van der Waals surface area contributed by atoms with Crippen molar-refractivity contribution < 1.29 is 4.74 Å². The minimum Gasteiger partial charge on any atom is -0.492 e. The Hall–Kier alpha value is -0.710. The van der Waals surface area contributed by atoms with Crippen LogP contribution >= 0.6 is 11.8 Å². The lowest BCUT2D eigenvalue weighted by Gasteiger charge is -2.30. The van der Waals surface area contributed by atoms with Crippen LogP contribution in [0.3, 0.4) is 0 Å². The molecule has 0 spiro atoms. The second-order valence-corrected chi connectivity index (χ2v) is 6.56. The lowest BCUT2D eigenvalue weighted by molar-refractivity contribution is 0.215. The molecule has 1 aromatic rings. The summed E-state index contributed by atoms with van der Waals surface area (Å²) >= 11 is 2.07. The standard InChI is InChI=1S/C15H24N2OS/c1-13-12-17(9-11-19-13)8-10-18-15-4-2-14(3-5-15)6-7-16/h2-5,13H,6-12,16H2,1H3. The molecule has 4 heteroatoms. The van der Waals surface area contributed by atoms with Gasteiger partial charge in [0.1, 0.15) is 12.4 Å². The van der Waals surface area contributed by atoms with E-state index < -0.39 is 0 Å². The summed E-state index contributed by atoms with van der Waals surface area (Å²) in [6.07, 6.45) is 0.934. The SMILES string of the molecule is CC1CN(CCOc2ccc(CCN)cc2)CCS1. The molecule has 1 saturated heterocycles. The third-order valence-corrected chi connectivity index (χ3v) is 4.49. The zero-order valence-electron chi connectivity index (χ0n) is 11.7. The fourth-order valence-electron chi connectivity index (χ4n) is 2.31. The molecule has 1 fully saturated rings. The van der Waals surface area contributed by atoms with Crippen LogP contribution in [-0.2, 0) is 6.42 Å². The van der Waals surface area contributed by atoms with Crippen molar-refractivity contribution in [1.82, 2.24) is 4.90 Å². The molecule has 0 radical (unpaired) electrons. The van der Waals surface area contributed by atoms with Gasteiger partial charge in [0.25, 0.3) is 0 Å². The molecule has 1 aliphatic rings. The minimum atomic E-state index is 0.700. The van der Waals surface area contributed by atoms with E-state index in [0.717, 1.165) is 30.6 Å². The molecule has 2 N–H and O–H groups in total. The van der Waals surface area contributed by atoms with Crippen LogP contribution < -0.4 is 10.5 Å². The molecule has 106 valence electrons. The quantitative estimate of drug-likeness (QED) is 0.865. The Kier molecular flexibility index (Phi) is 6.01. The Labute approximate surface area is 120 Å². The number of nitrogens with zero attached hydrogens (tertiary/aromatic N) is 1. The Balaban J connectivity index is 1.70. The lowest BCUT2D eigenvalue weighted by atomic mass is 10.1. The lowest BCUT2D eigenvalue weighted by Crippen LogP contribution is -2.39. The monoisotopic (exact) mass is 280 g/mol. The van der Waals surface area contributed by atoms with Gasteiger partial charge in [0.05, 0.1) is 0 Å². The third-order valence-electron chi connectivity index (χ3n) is 3.36. The van der Waals surface area contributed by atoms with Gasteiger partial charge in [-0.1, -0.05) is 19.1 Å². The first kappa shape index (κ1) is 14.7. The van der Waals surface area contributed by atoms with Crippen LogP contribution in [0.1, 0.15) is 12.5 Å². The summed E-state index contributed by atoms with van der Waals surface area (Å²) in [5, 5.41) is 0.754. The summed E-state index contributed by atoms with van der Waals surface area (Å²) in [5.74, 6) is 2.20. The van der Waals surface area contributed by atoms with Crippen molar-refractivity contribution >= 4 is 11.8 Å². The van der Waals surface area contributed by atoms with E-state index in [-0.39, 0.29) is 0 Å². The Morgan fingerprint density at radius 3 is 2.84 bits per heavy atom. The van der Waals surface area contributed by atoms with E-state index in [9.17, 15) is 0 Å². The molecular formula is C15H24N2OS. The zero-order valence-corrected chi connectivity index (χ0v) is 12.5. The number of hydrogen-bond donors (Lipinski definition) is 1. The molecule has 2 rings (SSSR count). The third kappa shape index (κ3) is 5.05. The average molecular weight is 280 g/mol. The highest BCUT2D eigenvalue weighted by Gasteiger charge is 2.15. The number of thioether (sulfide) groups is 1. The summed E-state index contributed by atoms with van der Waals surface area (Å²) in [6, 6.07) is 8.28. The Morgan fingerprint density at radius 2 is 2.16 bits per heavy atom. The summed E-state index contributed by atoms with van der Waals surface area (Å²) in [4.78, 5) is 2.49. The van der Waals surface area contributed by atoms with E-state index in [1.807, 2.05) is 12.1 Å². The molecule has 1 aliphatic heterocycles. The first-order valence-electron chi connectivity index (χ1n) is 7.03. The highest BCUT2D eigenvalue weighted by Crippen LogP contribution is 2.17. The molecule has 0 aliphatic carbocycles. The van der Waals surface area contributed by atoms with Gasteiger partial charge >= 0.3 is 0 Å². The van der Waals surface area contributed by atoms with Crippen LogP contribution in [0.5, 0.6) is 5.75 Å². The maximum atomic E-state index is 5.80. The maximum absolute atomic E-state index is 5.80. The van der Waals surface area contributed by atoms with Crippen molar-refractivity contribution in [3.63, 3.8) is 0 Å². The van der Waals surface area contributed by atoms with Crippen LogP contribution in [0, 0.1) is 0 Å². The fraction of sp³-hybridized carbons (Fsp3) is 0.600. The van der Waals surface area contributed by atoms with Crippen LogP contribution in [-0.4, -0.2) is 48.7 Å². The van der Waals surface area contributed by atoms with Gasteiger partial charge in [-0.15, -0.1) is 0 Å². The van der Waals surface area contributed by atoms with E-state index in [4.69, 9.17) is 10.5 Å². The Morgan fingerprint density at radius 1 is 1.37 bits per heavy atom. The number of ether oxygens (including phenoxy) is 1. The van der Waals surface area contributed by atoms with Gasteiger partial charge in [0.2, 0.25) is 0 Å². The van der Waals surface area contributed by atoms with Gasteiger partial charge < -0.3 is 10.5 Å². The molecule has 1 unspecified atom stereocenters. The molecule has 0 aromatic heterocycles. The number of rotatable bonds is 6. The van der Waals surface area contributed by atoms with Crippen molar-refractivity contribution in [3.05, 3.63) is 29.8 Å². The van der Waals surface area contributed by atoms with Crippen molar-refractivity contribution in [2.24, 2.45) is 5.73 Å². The van der Waals surface area contributed by atoms with Gasteiger partial charge in [-0.05, 0) is 30.7 Å². The van der Waals surface area contributed by atoms with E-state index in [0.29, 0.717) is 6.54 Å². The normalized spacial score (nSPS) is 20.4. The molecule has 3 nitrogen and oxygen atoms in total. The number of hydrogen-bond acceptors (Lipinski definition) is 4. The topological polar surface area (TPSA) is 38.5 Å². The second-order valence-electron chi connectivity index (χ2n) is 5.01. The number of benzene rings is 1. The van der Waals surface area contributed by atoms with E-state index in [1.54, 1.807) is 0 Å². The molecule has 19 heavy (non-hydrogen) atoms. The average Bonchev–Trinajstić information content (AvgIpc) is 2.41. The second kappa shape index (κ2) is 7.78. The molecule has 0 amide bonds. The zero-order chi connectivity index (χ0) is 13.5. The van der Waals surface area contributed by atoms with E-state index in [1.165, 1.54) is 24.4 Å². The predicted molar refractivity (Wildman–Crippen MR) is 83.1 cm³/mol. The molecule has 1 aromatic carbocycles. The van der Waals surface area contributed by atoms with Crippen LogP contribution in [0.15, 0.2) is 24.3 Å². The van der Waals surface area contributed by atoms with Gasteiger partial charge in [-0.3, -0.25) is 4.90 Å².